The van der Waals surface area contributed by atoms with Gasteiger partial charge in [0.05, 0.1) is 16.7 Å². The molecule has 3 aliphatic rings. The Labute approximate surface area is 113 Å². The number of piperidine rings is 1. The van der Waals surface area contributed by atoms with Crippen molar-refractivity contribution in [2.75, 3.05) is 26.2 Å². The van der Waals surface area contributed by atoms with Gasteiger partial charge in [-0.05, 0) is 38.8 Å². The molecule has 0 aromatic carbocycles. The van der Waals surface area contributed by atoms with E-state index in [0.29, 0.717) is 18.0 Å². The number of carbonyl (C=O) groups is 2. The lowest BCUT2D eigenvalue weighted by Gasteiger charge is -2.35. The van der Waals surface area contributed by atoms with Crippen LogP contribution in [0.15, 0.2) is 11.3 Å². The fourth-order valence-corrected chi connectivity index (χ4v) is 3.57. The molecule has 3 rings (SSSR count). The molecule has 1 unspecified atom stereocenters. The Kier molecular flexibility index (Phi) is 2.89. The van der Waals surface area contributed by atoms with Crippen molar-refractivity contribution in [3.8, 4) is 0 Å². The Morgan fingerprint density at radius 2 is 2.00 bits per heavy atom. The first-order valence-electron chi connectivity index (χ1n) is 6.96. The molecular formula is C14H20N2O3. The van der Waals surface area contributed by atoms with Crippen molar-refractivity contribution in [2.24, 2.45) is 11.3 Å². The summed E-state index contributed by atoms with van der Waals surface area (Å²) in [5, 5.41) is 3.32. The number of hydrogen-bond donors (Lipinski definition) is 1. The van der Waals surface area contributed by atoms with Gasteiger partial charge in [-0.15, -0.1) is 0 Å². The summed E-state index contributed by atoms with van der Waals surface area (Å²) < 4.78 is 5.03. The van der Waals surface area contributed by atoms with Crippen LogP contribution in [0.1, 0.15) is 26.7 Å². The first kappa shape index (κ1) is 12.7. The van der Waals surface area contributed by atoms with Gasteiger partial charge < -0.3 is 15.0 Å². The molecule has 2 saturated heterocycles. The number of ether oxygens (including phenoxy) is 1. The molecule has 0 bridgehead atoms. The zero-order valence-corrected chi connectivity index (χ0v) is 11.5. The minimum atomic E-state index is -0.290. The normalized spacial score (nSPS) is 30.4. The lowest BCUT2D eigenvalue weighted by atomic mass is 9.71. The number of amides is 1. The second-order valence-corrected chi connectivity index (χ2v) is 5.87. The van der Waals surface area contributed by atoms with E-state index in [1.54, 1.807) is 11.8 Å². The van der Waals surface area contributed by atoms with Crippen LogP contribution in [-0.2, 0) is 14.3 Å². The third kappa shape index (κ3) is 1.71. The van der Waals surface area contributed by atoms with Gasteiger partial charge in [0, 0.05) is 6.54 Å². The van der Waals surface area contributed by atoms with E-state index in [1.165, 1.54) is 0 Å². The molecule has 0 aliphatic carbocycles. The topological polar surface area (TPSA) is 58.6 Å². The van der Waals surface area contributed by atoms with Crippen molar-refractivity contribution < 1.29 is 14.3 Å². The van der Waals surface area contributed by atoms with E-state index in [1.807, 2.05) is 0 Å². The Morgan fingerprint density at radius 3 is 2.58 bits per heavy atom. The molecule has 5 heteroatoms. The van der Waals surface area contributed by atoms with Crippen LogP contribution < -0.4 is 5.32 Å². The molecule has 0 aromatic rings. The molecule has 1 amide bonds. The minimum Gasteiger partial charge on any atom is -0.456 e. The van der Waals surface area contributed by atoms with Gasteiger partial charge in [-0.2, -0.15) is 0 Å². The van der Waals surface area contributed by atoms with Crippen molar-refractivity contribution in [2.45, 2.75) is 26.7 Å². The highest BCUT2D eigenvalue weighted by atomic mass is 16.5. The van der Waals surface area contributed by atoms with E-state index in [4.69, 9.17) is 4.74 Å². The minimum absolute atomic E-state index is 0.189. The number of nitrogens with one attached hydrogen (secondary N) is 1. The van der Waals surface area contributed by atoms with Gasteiger partial charge >= 0.3 is 5.97 Å². The number of carbonyl (C=O) groups excluding carboxylic acids is 2. The molecule has 0 aromatic heterocycles. The second-order valence-electron chi connectivity index (χ2n) is 5.87. The fraction of sp³-hybridized carbons (Fsp3) is 0.714. The van der Waals surface area contributed by atoms with Crippen LogP contribution >= 0.6 is 0 Å². The predicted molar refractivity (Wildman–Crippen MR) is 69.1 cm³/mol. The highest BCUT2D eigenvalue weighted by Gasteiger charge is 2.53. The Hall–Kier alpha value is -1.36. The number of nitrogens with zero attached hydrogens (tertiary/aromatic N) is 1. The summed E-state index contributed by atoms with van der Waals surface area (Å²) in [5.41, 5.74) is 1.13. The summed E-state index contributed by atoms with van der Waals surface area (Å²) in [6, 6.07) is 0. The van der Waals surface area contributed by atoms with Crippen molar-refractivity contribution in [3.63, 3.8) is 0 Å². The van der Waals surface area contributed by atoms with E-state index >= 15 is 0 Å². The molecule has 19 heavy (non-hydrogen) atoms. The molecule has 0 radical (unpaired) electrons. The Morgan fingerprint density at radius 1 is 1.32 bits per heavy atom. The molecule has 5 nitrogen and oxygen atoms in total. The average molecular weight is 264 g/mol. The zero-order valence-electron chi connectivity index (χ0n) is 11.5. The molecular weight excluding hydrogens is 244 g/mol. The summed E-state index contributed by atoms with van der Waals surface area (Å²) in [6.07, 6.45) is 1.79. The van der Waals surface area contributed by atoms with Gasteiger partial charge in [0.25, 0.3) is 0 Å². The highest BCUT2D eigenvalue weighted by molar-refractivity contribution is 5.94. The number of cyclic esters (lactones) is 1. The quantitative estimate of drug-likeness (QED) is 0.707. The molecule has 0 saturated carbocycles. The maximum Gasteiger partial charge on any atom is 0.336 e. The lowest BCUT2D eigenvalue weighted by Crippen LogP contribution is -2.44. The summed E-state index contributed by atoms with van der Waals surface area (Å²) in [6.45, 7) is 6.65. The first-order valence-corrected chi connectivity index (χ1v) is 6.96. The summed E-state index contributed by atoms with van der Waals surface area (Å²) >= 11 is 0. The van der Waals surface area contributed by atoms with Gasteiger partial charge in [0.15, 0.2) is 0 Å². The third-order valence-electron chi connectivity index (χ3n) is 4.97. The number of hydrogen-bond acceptors (Lipinski definition) is 4. The first-order chi connectivity index (χ1) is 9.06. The van der Waals surface area contributed by atoms with Crippen LogP contribution in [0.4, 0.5) is 0 Å². The molecule has 1 N–H and O–H groups in total. The fourth-order valence-electron chi connectivity index (χ4n) is 3.57. The van der Waals surface area contributed by atoms with E-state index in [9.17, 15) is 9.59 Å². The zero-order chi connectivity index (χ0) is 13.6. The van der Waals surface area contributed by atoms with Gasteiger partial charge in [0.1, 0.15) is 6.61 Å². The van der Waals surface area contributed by atoms with Crippen LogP contribution in [0, 0.1) is 11.3 Å². The standard InChI is InChI=1S/C14H20N2O3/c1-9-7-16(11-8-19-12(17)10(11)2)13(18)14(9)3-5-15-6-4-14/h9,15H,3-8H2,1-2H3. The van der Waals surface area contributed by atoms with Crippen LogP contribution in [0.2, 0.25) is 0 Å². The maximum atomic E-state index is 12.8. The maximum absolute atomic E-state index is 12.8. The number of rotatable bonds is 1. The third-order valence-corrected chi connectivity index (χ3v) is 4.97. The van der Waals surface area contributed by atoms with Gasteiger partial charge in [0.2, 0.25) is 5.91 Å². The smallest absolute Gasteiger partial charge is 0.336 e. The van der Waals surface area contributed by atoms with Crippen molar-refractivity contribution in [3.05, 3.63) is 11.3 Å². The van der Waals surface area contributed by atoms with E-state index < -0.39 is 0 Å². The van der Waals surface area contributed by atoms with Crippen molar-refractivity contribution in [1.29, 1.82) is 0 Å². The van der Waals surface area contributed by atoms with E-state index in [0.717, 1.165) is 31.6 Å². The largest absolute Gasteiger partial charge is 0.456 e. The molecule has 2 fully saturated rings. The highest BCUT2D eigenvalue weighted by Crippen LogP contribution is 2.46. The Balaban J connectivity index is 1.91. The van der Waals surface area contributed by atoms with Crippen molar-refractivity contribution in [1.82, 2.24) is 10.2 Å². The van der Waals surface area contributed by atoms with Crippen LogP contribution in [0.5, 0.6) is 0 Å². The van der Waals surface area contributed by atoms with E-state index in [2.05, 4.69) is 12.2 Å². The van der Waals surface area contributed by atoms with E-state index in [-0.39, 0.29) is 23.9 Å². The van der Waals surface area contributed by atoms with Gasteiger partial charge in [-0.3, -0.25) is 4.79 Å². The van der Waals surface area contributed by atoms with Crippen LogP contribution in [-0.4, -0.2) is 43.0 Å². The number of esters is 1. The number of likely N-dealkylation sites (tertiary alicyclic amines) is 1. The molecule has 1 atom stereocenters. The second kappa shape index (κ2) is 4.34. The summed E-state index contributed by atoms with van der Waals surface area (Å²) in [7, 11) is 0. The van der Waals surface area contributed by atoms with Crippen LogP contribution in [0.25, 0.3) is 0 Å². The van der Waals surface area contributed by atoms with Crippen LogP contribution in [0.3, 0.4) is 0 Å². The molecule has 104 valence electrons. The van der Waals surface area contributed by atoms with Gasteiger partial charge in [-0.25, -0.2) is 4.79 Å². The average Bonchev–Trinajstić information content (AvgIpc) is 2.86. The Bertz CT molecular complexity index is 463. The van der Waals surface area contributed by atoms with Gasteiger partial charge in [-0.1, -0.05) is 6.92 Å². The summed E-state index contributed by atoms with van der Waals surface area (Å²) in [5.74, 6) is 0.231. The molecule has 3 aliphatic heterocycles. The summed E-state index contributed by atoms with van der Waals surface area (Å²) in [4.78, 5) is 26.1. The monoisotopic (exact) mass is 264 g/mol. The predicted octanol–water partition coefficient (Wildman–Crippen LogP) is 0.665. The van der Waals surface area contributed by atoms with Crippen molar-refractivity contribution >= 4 is 11.9 Å². The molecule has 3 heterocycles. The lowest BCUT2D eigenvalue weighted by molar-refractivity contribution is -0.138. The SMILES string of the molecule is CC1=C(N2CC(C)C3(CCNCC3)C2=O)COC1=O. The molecule has 1 spiro atoms.